The van der Waals surface area contributed by atoms with Crippen molar-refractivity contribution in [3.05, 3.63) is 34.7 Å². The molecule has 0 radical (unpaired) electrons. The average Bonchev–Trinajstić information content (AvgIpc) is 2.70. The van der Waals surface area contributed by atoms with Crippen molar-refractivity contribution in [1.82, 2.24) is 0 Å². The Morgan fingerprint density at radius 3 is 3.00 bits per heavy atom. The molecule has 1 atom stereocenters. The SMILES string of the molecule is CC1(C(=O)O)OCCc2c1sc1ccccc21. The molecule has 0 spiro atoms. The van der Waals surface area contributed by atoms with Gasteiger partial charge in [0.25, 0.3) is 0 Å². The van der Waals surface area contributed by atoms with Crippen LogP contribution >= 0.6 is 11.3 Å². The maximum Gasteiger partial charge on any atom is 0.341 e. The standard InChI is InChI=1S/C13H12O3S/c1-13(12(14)15)11-9(6-7-16-13)8-4-2-3-5-10(8)17-11/h2-5H,6-7H2,1H3,(H,14,15). The molecule has 2 heterocycles. The second-order valence-electron chi connectivity index (χ2n) is 4.34. The smallest absolute Gasteiger partial charge is 0.341 e. The van der Waals surface area contributed by atoms with Crippen molar-refractivity contribution in [3.63, 3.8) is 0 Å². The molecular weight excluding hydrogens is 236 g/mol. The number of hydrogen-bond acceptors (Lipinski definition) is 3. The number of fused-ring (bicyclic) bond motifs is 3. The zero-order valence-electron chi connectivity index (χ0n) is 9.40. The van der Waals surface area contributed by atoms with E-state index in [4.69, 9.17) is 4.74 Å². The summed E-state index contributed by atoms with van der Waals surface area (Å²) in [4.78, 5) is 12.2. The van der Waals surface area contributed by atoms with E-state index in [1.54, 1.807) is 6.92 Å². The highest BCUT2D eigenvalue weighted by Gasteiger charge is 2.42. The molecule has 4 heteroatoms. The van der Waals surface area contributed by atoms with E-state index in [9.17, 15) is 9.90 Å². The van der Waals surface area contributed by atoms with Gasteiger partial charge in [-0.2, -0.15) is 0 Å². The van der Waals surface area contributed by atoms with Gasteiger partial charge in [0.15, 0.2) is 5.60 Å². The second-order valence-corrected chi connectivity index (χ2v) is 5.39. The third-order valence-corrected chi connectivity index (χ3v) is 4.70. The Kier molecular flexibility index (Phi) is 2.24. The summed E-state index contributed by atoms with van der Waals surface area (Å²) in [6.45, 7) is 2.11. The molecule has 88 valence electrons. The Bertz CT molecular complexity index is 602. The molecule has 1 aliphatic heterocycles. The monoisotopic (exact) mass is 248 g/mol. The van der Waals surface area contributed by atoms with Gasteiger partial charge in [-0.15, -0.1) is 11.3 Å². The Hall–Kier alpha value is -1.39. The van der Waals surface area contributed by atoms with Gasteiger partial charge in [0.2, 0.25) is 0 Å². The lowest BCUT2D eigenvalue weighted by Gasteiger charge is -2.29. The van der Waals surface area contributed by atoms with Gasteiger partial charge in [0.05, 0.1) is 11.5 Å². The molecule has 17 heavy (non-hydrogen) atoms. The molecule has 1 aromatic heterocycles. The molecule has 1 aromatic carbocycles. The number of thiophene rings is 1. The lowest BCUT2D eigenvalue weighted by Crippen LogP contribution is -2.38. The number of ether oxygens (including phenoxy) is 1. The van der Waals surface area contributed by atoms with Crippen LogP contribution in [-0.2, 0) is 21.6 Å². The first-order chi connectivity index (χ1) is 8.13. The van der Waals surface area contributed by atoms with Gasteiger partial charge in [-0.1, -0.05) is 18.2 Å². The van der Waals surface area contributed by atoms with Crippen LogP contribution in [-0.4, -0.2) is 17.7 Å². The summed E-state index contributed by atoms with van der Waals surface area (Å²) < 4.78 is 6.63. The molecule has 3 rings (SSSR count). The fraction of sp³-hybridized carbons (Fsp3) is 0.308. The molecular formula is C13H12O3S. The first-order valence-corrected chi connectivity index (χ1v) is 6.33. The minimum absolute atomic E-state index is 0.469. The molecule has 0 fully saturated rings. The molecule has 0 aliphatic carbocycles. The van der Waals surface area contributed by atoms with Crippen molar-refractivity contribution in [2.24, 2.45) is 0 Å². The van der Waals surface area contributed by atoms with Gasteiger partial charge in [-0.25, -0.2) is 4.79 Å². The van der Waals surface area contributed by atoms with Crippen LogP contribution in [0.1, 0.15) is 17.4 Å². The number of benzene rings is 1. The first-order valence-electron chi connectivity index (χ1n) is 5.51. The van der Waals surface area contributed by atoms with Crippen LogP contribution in [0.4, 0.5) is 0 Å². The Balaban J connectivity index is 2.31. The van der Waals surface area contributed by atoms with Crippen LogP contribution in [0.2, 0.25) is 0 Å². The summed E-state index contributed by atoms with van der Waals surface area (Å²) in [6.07, 6.45) is 0.794. The van der Waals surface area contributed by atoms with E-state index in [0.717, 1.165) is 21.6 Å². The molecule has 3 nitrogen and oxygen atoms in total. The van der Waals surface area contributed by atoms with Gasteiger partial charge in [0, 0.05) is 4.70 Å². The number of carboxylic acids is 1. The predicted molar refractivity (Wildman–Crippen MR) is 66.5 cm³/mol. The Morgan fingerprint density at radius 2 is 2.24 bits per heavy atom. The van der Waals surface area contributed by atoms with Crippen molar-refractivity contribution in [2.45, 2.75) is 18.9 Å². The maximum absolute atomic E-state index is 11.4. The molecule has 0 bridgehead atoms. The minimum atomic E-state index is -1.18. The summed E-state index contributed by atoms with van der Waals surface area (Å²) in [5, 5.41) is 10.5. The first kappa shape index (κ1) is 10.7. The summed E-state index contributed by atoms with van der Waals surface area (Å²) >= 11 is 1.53. The summed E-state index contributed by atoms with van der Waals surface area (Å²) in [5.74, 6) is -0.912. The van der Waals surface area contributed by atoms with Crippen LogP contribution in [0.3, 0.4) is 0 Å². The number of carbonyl (C=O) groups is 1. The zero-order chi connectivity index (χ0) is 12.0. The molecule has 0 saturated carbocycles. The molecule has 2 aromatic rings. The summed E-state index contributed by atoms with van der Waals surface area (Å²) in [5.41, 5.74) is -0.0428. The number of rotatable bonds is 1. The van der Waals surface area contributed by atoms with Gasteiger partial charge in [-0.3, -0.25) is 0 Å². The minimum Gasteiger partial charge on any atom is -0.479 e. The largest absolute Gasteiger partial charge is 0.479 e. The molecule has 1 unspecified atom stereocenters. The normalized spacial score (nSPS) is 23.6. The van der Waals surface area contributed by atoms with Crippen LogP contribution < -0.4 is 0 Å². The number of carboxylic acid groups (broad SMARTS) is 1. The lowest BCUT2D eigenvalue weighted by atomic mass is 9.94. The van der Waals surface area contributed by atoms with Crippen LogP contribution in [0.5, 0.6) is 0 Å². The summed E-state index contributed by atoms with van der Waals surface area (Å²) in [6, 6.07) is 8.05. The predicted octanol–water partition coefficient (Wildman–Crippen LogP) is 2.77. The highest BCUT2D eigenvalue weighted by atomic mass is 32.1. The number of hydrogen-bond donors (Lipinski definition) is 1. The van der Waals surface area contributed by atoms with E-state index in [-0.39, 0.29) is 0 Å². The van der Waals surface area contributed by atoms with Crippen LogP contribution in [0, 0.1) is 0 Å². The van der Waals surface area contributed by atoms with Gasteiger partial charge in [-0.05, 0) is 30.4 Å². The highest BCUT2D eigenvalue weighted by Crippen LogP contribution is 2.42. The van der Waals surface area contributed by atoms with Crippen molar-refractivity contribution in [1.29, 1.82) is 0 Å². The van der Waals surface area contributed by atoms with Crippen molar-refractivity contribution < 1.29 is 14.6 Å². The fourth-order valence-corrected chi connectivity index (χ4v) is 3.66. The van der Waals surface area contributed by atoms with Crippen molar-refractivity contribution in [2.75, 3.05) is 6.61 Å². The Morgan fingerprint density at radius 1 is 1.47 bits per heavy atom. The van der Waals surface area contributed by atoms with Crippen molar-refractivity contribution >= 4 is 27.4 Å². The Labute approximate surface area is 103 Å². The maximum atomic E-state index is 11.4. The third-order valence-electron chi connectivity index (χ3n) is 3.28. The lowest BCUT2D eigenvalue weighted by molar-refractivity contribution is -0.166. The van der Waals surface area contributed by atoms with E-state index >= 15 is 0 Å². The fourth-order valence-electron chi connectivity index (χ4n) is 2.31. The van der Waals surface area contributed by atoms with Gasteiger partial charge in [0.1, 0.15) is 0 Å². The van der Waals surface area contributed by atoms with Crippen molar-refractivity contribution in [3.8, 4) is 0 Å². The van der Waals surface area contributed by atoms with E-state index in [0.29, 0.717) is 6.61 Å². The van der Waals surface area contributed by atoms with Crippen LogP contribution in [0.15, 0.2) is 24.3 Å². The summed E-state index contributed by atoms with van der Waals surface area (Å²) in [7, 11) is 0. The van der Waals surface area contributed by atoms with Gasteiger partial charge >= 0.3 is 5.97 Å². The van der Waals surface area contributed by atoms with E-state index in [1.165, 1.54) is 16.7 Å². The molecule has 0 saturated heterocycles. The average molecular weight is 248 g/mol. The topological polar surface area (TPSA) is 46.5 Å². The highest BCUT2D eigenvalue weighted by molar-refractivity contribution is 7.19. The van der Waals surface area contributed by atoms with E-state index in [2.05, 4.69) is 6.07 Å². The van der Waals surface area contributed by atoms with E-state index in [1.807, 2.05) is 18.2 Å². The quantitative estimate of drug-likeness (QED) is 0.844. The van der Waals surface area contributed by atoms with E-state index < -0.39 is 11.6 Å². The molecule has 1 N–H and O–H groups in total. The number of aliphatic carboxylic acids is 1. The second kappa shape index (κ2) is 3.55. The van der Waals surface area contributed by atoms with Crippen LogP contribution in [0.25, 0.3) is 10.1 Å². The molecule has 0 amide bonds. The molecule has 1 aliphatic rings. The third kappa shape index (κ3) is 1.41. The van der Waals surface area contributed by atoms with Gasteiger partial charge < -0.3 is 9.84 Å². The zero-order valence-corrected chi connectivity index (χ0v) is 10.2.